The lowest BCUT2D eigenvalue weighted by molar-refractivity contribution is 0.246. The van der Waals surface area contributed by atoms with Crippen LogP contribution in [0.15, 0.2) is 22.0 Å². The van der Waals surface area contributed by atoms with Gasteiger partial charge in [0, 0.05) is 30.9 Å². The number of hydrogen-bond donors (Lipinski definition) is 0. The molecule has 3 rings (SSSR count). The smallest absolute Gasteiger partial charge is 0.226 e. The first-order chi connectivity index (χ1) is 10.8. The Morgan fingerprint density at radius 2 is 2.09 bits per heavy atom. The summed E-state index contributed by atoms with van der Waals surface area (Å²) in [5.74, 6) is 1.56. The zero-order chi connectivity index (χ0) is 15.2. The van der Waals surface area contributed by atoms with Crippen LogP contribution in [0, 0.1) is 0 Å². The molecule has 1 fully saturated rings. The average Bonchev–Trinajstić information content (AvgIpc) is 3.15. The maximum absolute atomic E-state index is 5.19. The van der Waals surface area contributed by atoms with Gasteiger partial charge in [0.05, 0.1) is 6.54 Å². The van der Waals surface area contributed by atoms with Crippen molar-refractivity contribution in [2.75, 3.05) is 32.7 Å². The molecule has 22 heavy (non-hydrogen) atoms. The number of rotatable bonds is 6. The van der Waals surface area contributed by atoms with Crippen LogP contribution in [-0.4, -0.2) is 52.7 Å². The molecule has 1 aliphatic heterocycles. The van der Waals surface area contributed by atoms with Crippen LogP contribution in [0.3, 0.4) is 0 Å². The van der Waals surface area contributed by atoms with Gasteiger partial charge in [0.1, 0.15) is 0 Å². The number of aromatic nitrogens is 2. The lowest BCUT2D eigenvalue weighted by atomic mass is 10.3. The van der Waals surface area contributed by atoms with Crippen molar-refractivity contribution in [3.05, 3.63) is 34.1 Å². The molecule has 0 atom stereocenters. The van der Waals surface area contributed by atoms with Crippen molar-refractivity contribution in [2.45, 2.75) is 32.7 Å². The van der Waals surface area contributed by atoms with Crippen LogP contribution < -0.4 is 0 Å². The highest BCUT2D eigenvalue weighted by Gasteiger charge is 2.17. The summed E-state index contributed by atoms with van der Waals surface area (Å²) < 4.78 is 5.19. The molecule has 5 nitrogen and oxygen atoms in total. The van der Waals surface area contributed by atoms with E-state index < -0.39 is 0 Å². The first kappa shape index (κ1) is 15.6. The van der Waals surface area contributed by atoms with Gasteiger partial charge >= 0.3 is 0 Å². The van der Waals surface area contributed by atoms with E-state index in [1.54, 1.807) is 0 Å². The van der Waals surface area contributed by atoms with E-state index in [1.807, 2.05) is 18.3 Å². The van der Waals surface area contributed by atoms with Crippen molar-refractivity contribution in [1.82, 2.24) is 19.9 Å². The number of hydrogen-bond acceptors (Lipinski definition) is 6. The van der Waals surface area contributed by atoms with Gasteiger partial charge in [-0.05, 0) is 37.4 Å². The molecule has 0 amide bonds. The van der Waals surface area contributed by atoms with Crippen LogP contribution in [0.2, 0.25) is 0 Å². The van der Waals surface area contributed by atoms with Gasteiger partial charge in [-0.3, -0.25) is 4.90 Å². The standard InChI is InChI=1S/C16H24N4OS/c1-2-16-17-15(18-21-16)13-20-8-4-7-19(10-11-20)9-6-14-5-3-12-22-14/h3,5,12H,2,4,6-11,13H2,1H3. The lowest BCUT2D eigenvalue weighted by Crippen LogP contribution is -2.32. The molecule has 6 heteroatoms. The fraction of sp³-hybridized carbons (Fsp3) is 0.625. The zero-order valence-electron chi connectivity index (χ0n) is 13.2. The van der Waals surface area contributed by atoms with E-state index in [0.29, 0.717) is 0 Å². The molecule has 2 aromatic rings. The van der Waals surface area contributed by atoms with Crippen molar-refractivity contribution in [3.8, 4) is 0 Å². The van der Waals surface area contributed by atoms with Crippen molar-refractivity contribution < 1.29 is 4.52 Å². The quantitative estimate of drug-likeness (QED) is 0.818. The summed E-state index contributed by atoms with van der Waals surface area (Å²) in [6.45, 7) is 8.53. The minimum Gasteiger partial charge on any atom is -0.339 e. The number of thiophene rings is 1. The molecule has 0 saturated carbocycles. The van der Waals surface area contributed by atoms with E-state index in [9.17, 15) is 0 Å². The summed E-state index contributed by atoms with van der Waals surface area (Å²) in [5.41, 5.74) is 0. The second kappa shape index (κ2) is 7.85. The van der Waals surface area contributed by atoms with E-state index in [0.717, 1.165) is 50.9 Å². The van der Waals surface area contributed by atoms with Crippen molar-refractivity contribution >= 4 is 11.3 Å². The SMILES string of the molecule is CCc1nc(CN2CCCN(CCc3cccs3)CC2)no1. The van der Waals surface area contributed by atoms with E-state index in [1.165, 1.54) is 24.3 Å². The minimum atomic E-state index is 0.738. The predicted molar refractivity (Wildman–Crippen MR) is 88.0 cm³/mol. The molecule has 0 spiro atoms. The van der Waals surface area contributed by atoms with Crippen molar-refractivity contribution in [3.63, 3.8) is 0 Å². The summed E-state index contributed by atoms with van der Waals surface area (Å²) in [6, 6.07) is 4.37. The number of nitrogens with zero attached hydrogens (tertiary/aromatic N) is 4. The largest absolute Gasteiger partial charge is 0.339 e. The Bertz CT molecular complexity index is 554. The summed E-state index contributed by atoms with van der Waals surface area (Å²) in [7, 11) is 0. The first-order valence-corrected chi connectivity index (χ1v) is 9.00. The Hall–Kier alpha value is -1.24. The monoisotopic (exact) mass is 320 g/mol. The van der Waals surface area contributed by atoms with Gasteiger partial charge in [0.25, 0.3) is 0 Å². The van der Waals surface area contributed by atoms with Crippen LogP contribution in [-0.2, 0) is 19.4 Å². The first-order valence-electron chi connectivity index (χ1n) is 8.12. The maximum atomic E-state index is 5.19. The van der Waals surface area contributed by atoms with Crippen LogP contribution in [0.5, 0.6) is 0 Å². The number of aryl methyl sites for hydroxylation is 1. The molecule has 0 bridgehead atoms. The summed E-state index contributed by atoms with van der Waals surface area (Å²) >= 11 is 1.86. The molecule has 1 aliphatic rings. The Morgan fingerprint density at radius 3 is 2.86 bits per heavy atom. The van der Waals surface area contributed by atoms with Gasteiger partial charge in [0.15, 0.2) is 5.82 Å². The van der Waals surface area contributed by atoms with Crippen LogP contribution in [0.25, 0.3) is 0 Å². The molecule has 2 aromatic heterocycles. The fourth-order valence-electron chi connectivity index (χ4n) is 2.83. The molecule has 0 radical (unpaired) electrons. The maximum Gasteiger partial charge on any atom is 0.226 e. The minimum absolute atomic E-state index is 0.738. The van der Waals surface area contributed by atoms with Gasteiger partial charge < -0.3 is 9.42 Å². The topological polar surface area (TPSA) is 45.4 Å². The van der Waals surface area contributed by atoms with E-state index >= 15 is 0 Å². The average molecular weight is 320 g/mol. The van der Waals surface area contributed by atoms with Crippen molar-refractivity contribution in [1.29, 1.82) is 0 Å². The Labute approximate surface area is 135 Å². The fourth-order valence-corrected chi connectivity index (χ4v) is 3.53. The van der Waals surface area contributed by atoms with Gasteiger partial charge in [-0.2, -0.15) is 4.98 Å². The molecule has 0 aliphatic carbocycles. The highest BCUT2D eigenvalue weighted by molar-refractivity contribution is 7.09. The van der Waals surface area contributed by atoms with Gasteiger partial charge in [-0.1, -0.05) is 18.1 Å². The lowest BCUT2D eigenvalue weighted by Gasteiger charge is -2.20. The molecule has 1 saturated heterocycles. The highest BCUT2D eigenvalue weighted by atomic mass is 32.1. The van der Waals surface area contributed by atoms with E-state index in [4.69, 9.17) is 4.52 Å². The second-order valence-corrected chi connectivity index (χ2v) is 6.79. The third-order valence-corrected chi connectivity index (χ3v) is 5.05. The summed E-state index contributed by atoms with van der Waals surface area (Å²) in [5, 5.41) is 6.22. The summed E-state index contributed by atoms with van der Waals surface area (Å²) in [6.07, 6.45) is 3.19. The van der Waals surface area contributed by atoms with Gasteiger partial charge in [-0.15, -0.1) is 11.3 Å². The van der Waals surface area contributed by atoms with Crippen LogP contribution in [0.1, 0.15) is 29.9 Å². The Kier molecular flexibility index (Phi) is 5.58. The van der Waals surface area contributed by atoms with Gasteiger partial charge in [0.2, 0.25) is 5.89 Å². The van der Waals surface area contributed by atoms with E-state index in [2.05, 4.69) is 37.5 Å². The van der Waals surface area contributed by atoms with Gasteiger partial charge in [-0.25, -0.2) is 0 Å². The predicted octanol–water partition coefficient (Wildman–Crippen LogP) is 2.44. The normalized spacial score (nSPS) is 17.7. The molecule has 120 valence electrons. The third kappa shape index (κ3) is 4.38. The highest BCUT2D eigenvalue weighted by Crippen LogP contribution is 2.12. The molecule has 0 unspecified atom stereocenters. The Balaban J connectivity index is 1.45. The molecule has 0 N–H and O–H groups in total. The van der Waals surface area contributed by atoms with Crippen LogP contribution >= 0.6 is 11.3 Å². The molecule has 3 heterocycles. The van der Waals surface area contributed by atoms with Crippen LogP contribution in [0.4, 0.5) is 0 Å². The molecule has 0 aromatic carbocycles. The zero-order valence-corrected chi connectivity index (χ0v) is 14.0. The summed E-state index contributed by atoms with van der Waals surface area (Å²) in [4.78, 5) is 10.9. The van der Waals surface area contributed by atoms with Crippen molar-refractivity contribution in [2.24, 2.45) is 0 Å². The second-order valence-electron chi connectivity index (χ2n) is 5.76. The molecular weight excluding hydrogens is 296 g/mol. The van der Waals surface area contributed by atoms with E-state index in [-0.39, 0.29) is 0 Å². The Morgan fingerprint density at radius 1 is 1.23 bits per heavy atom. The third-order valence-electron chi connectivity index (χ3n) is 4.11. The molecular formula is C16H24N4OS.